The molecular formula is C18H14N2O7S. The van der Waals surface area contributed by atoms with E-state index in [1.54, 1.807) is 13.0 Å². The first-order valence-corrected chi connectivity index (χ1v) is 9.32. The minimum atomic E-state index is -4.72. The van der Waals surface area contributed by atoms with Crippen molar-refractivity contribution in [1.82, 2.24) is 0 Å². The zero-order chi connectivity index (χ0) is 20.6. The Kier molecular flexibility index (Phi) is 4.75. The van der Waals surface area contributed by atoms with Gasteiger partial charge >= 0.3 is 0 Å². The summed E-state index contributed by atoms with van der Waals surface area (Å²) in [5.74, 6) is -1.43. The van der Waals surface area contributed by atoms with Crippen LogP contribution in [0.3, 0.4) is 0 Å². The standard InChI is InChI=1S/C18H14N2O7S/c1-10-6-7-11(8-15(10)20(23)24)18(22)19-14-9-16(21)17(28(25,26)27)13-5-3-2-4-12(13)14/h2-9,21H,1H3,(H,19,22)(H,25,26,27). The van der Waals surface area contributed by atoms with Crippen molar-refractivity contribution in [2.45, 2.75) is 11.8 Å². The second-order valence-corrected chi connectivity index (χ2v) is 7.36. The summed E-state index contributed by atoms with van der Waals surface area (Å²) in [6.07, 6.45) is 0. The summed E-state index contributed by atoms with van der Waals surface area (Å²) < 4.78 is 32.6. The number of amides is 1. The number of hydrogen-bond donors (Lipinski definition) is 3. The summed E-state index contributed by atoms with van der Waals surface area (Å²) in [6.45, 7) is 1.54. The largest absolute Gasteiger partial charge is 0.506 e. The zero-order valence-electron chi connectivity index (χ0n) is 14.4. The van der Waals surface area contributed by atoms with E-state index in [2.05, 4.69) is 5.32 Å². The van der Waals surface area contributed by atoms with E-state index < -0.39 is 31.6 Å². The predicted octanol–water partition coefficient (Wildman–Crippen LogP) is 3.26. The lowest BCUT2D eigenvalue weighted by atomic mass is 10.1. The van der Waals surface area contributed by atoms with Crippen LogP contribution >= 0.6 is 0 Å². The van der Waals surface area contributed by atoms with Crippen LogP contribution in [-0.4, -0.2) is 28.9 Å². The van der Waals surface area contributed by atoms with Gasteiger partial charge in [-0.25, -0.2) is 0 Å². The monoisotopic (exact) mass is 402 g/mol. The molecule has 0 fully saturated rings. The van der Waals surface area contributed by atoms with Crippen molar-refractivity contribution in [2.75, 3.05) is 5.32 Å². The Labute approximate surface area is 159 Å². The quantitative estimate of drug-likeness (QED) is 0.345. The molecule has 1 amide bonds. The molecule has 0 saturated carbocycles. The summed E-state index contributed by atoms with van der Waals surface area (Å²) in [4.78, 5) is 22.3. The Morgan fingerprint density at radius 1 is 1.11 bits per heavy atom. The first-order chi connectivity index (χ1) is 13.1. The van der Waals surface area contributed by atoms with Crippen molar-refractivity contribution < 1.29 is 27.8 Å². The highest BCUT2D eigenvalue weighted by Crippen LogP contribution is 2.37. The van der Waals surface area contributed by atoms with E-state index in [4.69, 9.17) is 0 Å². The number of aromatic hydroxyl groups is 1. The highest BCUT2D eigenvalue weighted by molar-refractivity contribution is 7.86. The minimum absolute atomic E-state index is 0.00943. The molecule has 0 aliphatic heterocycles. The fraction of sp³-hybridized carbons (Fsp3) is 0.0556. The summed E-state index contributed by atoms with van der Waals surface area (Å²) in [5, 5.41) is 23.9. The Morgan fingerprint density at radius 2 is 1.75 bits per heavy atom. The predicted molar refractivity (Wildman–Crippen MR) is 101 cm³/mol. The minimum Gasteiger partial charge on any atom is -0.506 e. The summed E-state index contributed by atoms with van der Waals surface area (Å²) in [7, 11) is -4.72. The van der Waals surface area contributed by atoms with E-state index in [1.165, 1.54) is 30.3 Å². The molecule has 10 heteroatoms. The molecular weight excluding hydrogens is 388 g/mol. The number of carbonyl (C=O) groups is 1. The number of nitro groups is 1. The van der Waals surface area contributed by atoms with Crippen molar-refractivity contribution in [2.24, 2.45) is 0 Å². The molecule has 0 aliphatic rings. The number of benzene rings is 3. The maximum absolute atomic E-state index is 12.6. The molecule has 0 heterocycles. The third-order valence-corrected chi connectivity index (χ3v) is 5.09. The van der Waals surface area contributed by atoms with Gasteiger partial charge in [0.05, 0.1) is 10.6 Å². The smallest absolute Gasteiger partial charge is 0.298 e. The zero-order valence-corrected chi connectivity index (χ0v) is 15.2. The van der Waals surface area contributed by atoms with Gasteiger partial charge < -0.3 is 10.4 Å². The molecule has 0 saturated heterocycles. The second kappa shape index (κ2) is 6.91. The number of nitro benzene ring substituents is 1. The van der Waals surface area contributed by atoms with E-state index in [9.17, 15) is 33.0 Å². The van der Waals surface area contributed by atoms with Gasteiger partial charge in [-0.3, -0.25) is 19.5 Å². The number of fused-ring (bicyclic) bond motifs is 1. The molecule has 0 radical (unpaired) electrons. The highest BCUT2D eigenvalue weighted by atomic mass is 32.2. The number of phenols is 1. The van der Waals surface area contributed by atoms with Gasteiger partial charge in [0.2, 0.25) is 0 Å². The lowest BCUT2D eigenvalue weighted by Gasteiger charge is -2.13. The third-order valence-electron chi connectivity index (χ3n) is 4.15. The van der Waals surface area contributed by atoms with Crippen molar-refractivity contribution >= 4 is 38.2 Å². The van der Waals surface area contributed by atoms with Crippen molar-refractivity contribution in [3.05, 3.63) is 69.8 Å². The fourth-order valence-corrected chi connectivity index (χ4v) is 3.63. The number of hydrogen-bond acceptors (Lipinski definition) is 6. The Bertz CT molecular complexity index is 1240. The molecule has 0 aliphatic carbocycles. The van der Waals surface area contributed by atoms with Gasteiger partial charge in [-0.1, -0.05) is 30.3 Å². The lowest BCUT2D eigenvalue weighted by Crippen LogP contribution is -2.13. The Hall–Kier alpha value is -3.50. The van der Waals surface area contributed by atoms with Crippen LogP contribution in [0.2, 0.25) is 0 Å². The number of anilines is 1. The molecule has 144 valence electrons. The number of carbonyl (C=O) groups excluding carboxylic acids is 1. The van der Waals surface area contributed by atoms with E-state index in [-0.39, 0.29) is 27.7 Å². The highest BCUT2D eigenvalue weighted by Gasteiger charge is 2.23. The van der Waals surface area contributed by atoms with Crippen molar-refractivity contribution in [1.29, 1.82) is 0 Å². The van der Waals surface area contributed by atoms with Crippen LogP contribution in [0.25, 0.3) is 10.8 Å². The molecule has 0 bridgehead atoms. The van der Waals surface area contributed by atoms with E-state index >= 15 is 0 Å². The van der Waals surface area contributed by atoms with Gasteiger partial charge in [-0.2, -0.15) is 8.42 Å². The fourth-order valence-electron chi connectivity index (χ4n) is 2.85. The van der Waals surface area contributed by atoms with Crippen LogP contribution in [0.15, 0.2) is 53.4 Å². The SMILES string of the molecule is Cc1ccc(C(=O)Nc2cc(O)c(S(=O)(=O)O)c3ccccc23)cc1[N+](=O)[O-]. The molecule has 0 atom stereocenters. The van der Waals surface area contributed by atoms with Gasteiger partial charge in [0.25, 0.3) is 21.7 Å². The average Bonchev–Trinajstić information content (AvgIpc) is 2.60. The molecule has 3 rings (SSSR count). The normalized spacial score (nSPS) is 11.4. The maximum atomic E-state index is 12.6. The van der Waals surface area contributed by atoms with Crippen LogP contribution in [0, 0.1) is 17.0 Å². The van der Waals surface area contributed by atoms with Crippen LogP contribution in [0.4, 0.5) is 11.4 Å². The molecule has 9 nitrogen and oxygen atoms in total. The van der Waals surface area contributed by atoms with Gasteiger partial charge in [-0.15, -0.1) is 0 Å². The first-order valence-electron chi connectivity index (χ1n) is 7.88. The lowest BCUT2D eigenvalue weighted by molar-refractivity contribution is -0.385. The number of phenolic OH excluding ortho intramolecular Hbond substituents is 1. The average molecular weight is 402 g/mol. The Balaban J connectivity index is 2.10. The molecule has 0 unspecified atom stereocenters. The third kappa shape index (κ3) is 3.50. The van der Waals surface area contributed by atoms with Crippen LogP contribution in [-0.2, 0) is 10.1 Å². The molecule has 3 aromatic rings. The molecule has 3 N–H and O–H groups in total. The Morgan fingerprint density at radius 3 is 2.36 bits per heavy atom. The maximum Gasteiger partial charge on any atom is 0.298 e. The van der Waals surface area contributed by atoms with Gasteiger partial charge in [0.1, 0.15) is 10.6 Å². The molecule has 3 aromatic carbocycles. The topological polar surface area (TPSA) is 147 Å². The number of nitrogens with one attached hydrogen (secondary N) is 1. The van der Waals surface area contributed by atoms with E-state index in [0.717, 1.165) is 12.1 Å². The first kappa shape index (κ1) is 19.3. The number of aryl methyl sites for hydroxylation is 1. The number of rotatable bonds is 4. The summed E-state index contributed by atoms with van der Waals surface area (Å²) in [5.41, 5.74) is 0.262. The van der Waals surface area contributed by atoms with Gasteiger partial charge in [0, 0.05) is 34.0 Å². The van der Waals surface area contributed by atoms with Crippen LogP contribution < -0.4 is 5.32 Å². The second-order valence-electron chi connectivity index (χ2n) is 6.01. The summed E-state index contributed by atoms with van der Waals surface area (Å²) in [6, 6.07) is 10.9. The van der Waals surface area contributed by atoms with Crippen LogP contribution in [0.1, 0.15) is 15.9 Å². The van der Waals surface area contributed by atoms with Gasteiger partial charge in [0.15, 0.2) is 0 Å². The van der Waals surface area contributed by atoms with Crippen molar-refractivity contribution in [3.63, 3.8) is 0 Å². The van der Waals surface area contributed by atoms with Gasteiger partial charge in [-0.05, 0) is 13.0 Å². The van der Waals surface area contributed by atoms with E-state index in [1.807, 2.05) is 0 Å². The van der Waals surface area contributed by atoms with E-state index in [0.29, 0.717) is 5.56 Å². The molecule has 0 aromatic heterocycles. The van der Waals surface area contributed by atoms with Crippen molar-refractivity contribution in [3.8, 4) is 5.75 Å². The summed E-state index contributed by atoms with van der Waals surface area (Å²) >= 11 is 0. The number of nitrogens with zero attached hydrogens (tertiary/aromatic N) is 1. The molecule has 0 spiro atoms. The van der Waals surface area contributed by atoms with Crippen LogP contribution in [0.5, 0.6) is 5.75 Å². The molecule has 28 heavy (non-hydrogen) atoms.